The first-order valence-electron chi connectivity index (χ1n) is 5.86. The summed E-state index contributed by atoms with van der Waals surface area (Å²) in [6.45, 7) is 1.91. The van der Waals surface area contributed by atoms with Crippen LogP contribution >= 0.6 is 11.6 Å². The Hall–Kier alpha value is -1.46. The number of pyridine rings is 1. The van der Waals surface area contributed by atoms with E-state index in [2.05, 4.69) is 20.3 Å². The molecule has 1 aliphatic rings. The van der Waals surface area contributed by atoms with Crippen LogP contribution in [0.25, 0.3) is 11.0 Å². The van der Waals surface area contributed by atoms with Crippen LogP contribution in [-0.4, -0.2) is 32.2 Å². The molecule has 94 valence electrons. The van der Waals surface area contributed by atoms with Gasteiger partial charge in [0.05, 0.1) is 17.8 Å². The zero-order valence-electron chi connectivity index (χ0n) is 9.89. The molecular formula is C12H13ClN4O. The smallest absolute Gasteiger partial charge is 0.172 e. The number of hydrogen-bond acceptors (Lipinski definition) is 5. The van der Waals surface area contributed by atoms with Crippen LogP contribution in [0.2, 0.25) is 5.15 Å². The summed E-state index contributed by atoms with van der Waals surface area (Å²) in [6.07, 6.45) is 2.92. The van der Waals surface area contributed by atoms with E-state index in [0.717, 1.165) is 24.1 Å². The first kappa shape index (κ1) is 11.6. The molecule has 1 saturated carbocycles. The van der Waals surface area contributed by atoms with E-state index in [4.69, 9.17) is 11.6 Å². The van der Waals surface area contributed by atoms with Crippen LogP contribution in [0.3, 0.4) is 0 Å². The summed E-state index contributed by atoms with van der Waals surface area (Å²) in [5.41, 5.74) is 2.35. The molecule has 0 saturated heterocycles. The molecule has 2 N–H and O–H groups in total. The van der Waals surface area contributed by atoms with E-state index in [1.165, 1.54) is 0 Å². The maximum atomic E-state index is 9.26. The number of aliphatic hydroxyl groups excluding tert-OH is 1. The SMILES string of the molecule is Cc1cc2nc(NC3CC(O)C3)c(Cl)nc2cn1. The van der Waals surface area contributed by atoms with Crippen molar-refractivity contribution in [1.82, 2.24) is 15.0 Å². The van der Waals surface area contributed by atoms with Crippen LogP contribution in [0.4, 0.5) is 5.82 Å². The molecule has 0 atom stereocenters. The van der Waals surface area contributed by atoms with Crippen molar-refractivity contribution in [1.29, 1.82) is 0 Å². The van der Waals surface area contributed by atoms with E-state index in [1.54, 1.807) is 6.20 Å². The molecule has 2 aromatic rings. The molecule has 5 nitrogen and oxygen atoms in total. The molecule has 6 heteroatoms. The minimum absolute atomic E-state index is 0.207. The largest absolute Gasteiger partial charge is 0.393 e. The van der Waals surface area contributed by atoms with Crippen LogP contribution in [0, 0.1) is 6.92 Å². The number of fused-ring (bicyclic) bond motifs is 1. The fourth-order valence-electron chi connectivity index (χ4n) is 2.03. The quantitative estimate of drug-likeness (QED) is 0.867. The number of halogens is 1. The van der Waals surface area contributed by atoms with E-state index < -0.39 is 0 Å². The fourth-order valence-corrected chi connectivity index (χ4v) is 2.22. The van der Waals surface area contributed by atoms with Crippen molar-refractivity contribution in [3.05, 3.63) is 23.1 Å². The third kappa shape index (κ3) is 2.11. The van der Waals surface area contributed by atoms with Crippen LogP contribution in [0.1, 0.15) is 18.5 Å². The Morgan fingerprint density at radius 3 is 2.83 bits per heavy atom. The number of nitrogens with one attached hydrogen (secondary N) is 1. The minimum Gasteiger partial charge on any atom is -0.393 e. The molecular weight excluding hydrogens is 252 g/mol. The van der Waals surface area contributed by atoms with Crippen molar-refractivity contribution in [3.63, 3.8) is 0 Å². The second-order valence-corrected chi connectivity index (χ2v) is 5.00. The molecule has 0 bridgehead atoms. The molecule has 0 aliphatic heterocycles. The molecule has 2 heterocycles. The van der Waals surface area contributed by atoms with Gasteiger partial charge in [-0.05, 0) is 25.8 Å². The summed E-state index contributed by atoms with van der Waals surface area (Å²) < 4.78 is 0. The van der Waals surface area contributed by atoms with E-state index in [-0.39, 0.29) is 12.1 Å². The number of rotatable bonds is 2. The maximum Gasteiger partial charge on any atom is 0.172 e. The van der Waals surface area contributed by atoms with E-state index >= 15 is 0 Å². The van der Waals surface area contributed by atoms with Crippen molar-refractivity contribution in [2.75, 3.05) is 5.32 Å². The molecule has 0 amide bonds. The lowest BCUT2D eigenvalue weighted by molar-refractivity contribution is 0.0835. The van der Waals surface area contributed by atoms with E-state index in [1.807, 2.05) is 13.0 Å². The highest BCUT2D eigenvalue weighted by molar-refractivity contribution is 6.32. The highest BCUT2D eigenvalue weighted by atomic mass is 35.5. The lowest BCUT2D eigenvalue weighted by Gasteiger charge is -2.32. The number of aliphatic hydroxyl groups is 1. The van der Waals surface area contributed by atoms with E-state index in [0.29, 0.717) is 16.5 Å². The zero-order valence-corrected chi connectivity index (χ0v) is 10.6. The summed E-state index contributed by atoms with van der Waals surface area (Å²) in [5.74, 6) is 0.576. The Kier molecular flexibility index (Phi) is 2.80. The highest BCUT2D eigenvalue weighted by Gasteiger charge is 2.28. The predicted octanol–water partition coefficient (Wildman–Crippen LogP) is 1.92. The lowest BCUT2D eigenvalue weighted by atomic mass is 9.90. The number of nitrogens with zero attached hydrogens (tertiary/aromatic N) is 3. The summed E-state index contributed by atoms with van der Waals surface area (Å²) >= 11 is 6.08. The average molecular weight is 265 g/mol. The third-order valence-electron chi connectivity index (χ3n) is 3.10. The standard InChI is InChI=1S/C12H13ClN4O/c1-6-2-9-10(5-14-6)16-11(13)12(17-9)15-7-3-8(18)4-7/h2,5,7-8,18H,3-4H2,1H3,(H,15,17). The Balaban J connectivity index is 1.93. The van der Waals surface area contributed by atoms with Gasteiger partial charge in [-0.3, -0.25) is 4.98 Å². The molecule has 3 rings (SSSR count). The van der Waals surface area contributed by atoms with Crippen LogP contribution in [-0.2, 0) is 0 Å². The fraction of sp³-hybridized carbons (Fsp3) is 0.417. The van der Waals surface area contributed by atoms with Gasteiger partial charge in [0.15, 0.2) is 11.0 Å². The van der Waals surface area contributed by atoms with Gasteiger partial charge in [-0.1, -0.05) is 11.6 Å². The summed E-state index contributed by atoms with van der Waals surface area (Å²) in [7, 11) is 0. The van der Waals surface area contributed by atoms with Gasteiger partial charge < -0.3 is 10.4 Å². The normalized spacial score (nSPS) is 22.8. The topological polar surface area (TPSA) is 70.9 Å². The highest BCUT2D eigenvalue weighted by Crippen LogP contribution is 2.27. The molecule has 0 unspecified atom stereocenters. The van der Waals surface area contributed by atoms with Gasteiger partial charge in [-0.2, -0.15) is 0 Å². The first-order chi connectivity index (χ1) is 8.61. The first-order valence-corrected chi connectivity index (χ1v) is 6.24. The van der Waals surface area contributed by atoms with Crippen molar-refractivity contribution in [2.24, 2.45) is 0 Å². The second kappa shape index (κ2) is 4.33. The van der Waals surface area contributed by atoms with Gasteiger partial charge in [0.25, 0.3) is 0 Å². The van der Waals surface area contributed by atoms with Gasteiger partial charge in [-0.15, -0.1) is 0 Å². The zero-order chi connectivity index (χ0) is 12.7. The van der Waals surface area contributed by atoms with Gasteiger partial charge in [0.2, 0.25) is 0 Å². The third-order valence-corrected chi connectivity index (χ3v) is 3.36. The molecule has 1 fully saturated rings. The molecule has 0 aromatic carbocycles. The Labute approximate surface area is 109 Å². The molecule has 1 aliphatic carbocycles. The van der Waals surface area contributed by atoms with Gasteiger partial charge in [-0.25, -0.2) is 9.97 Å². The van der Waals surface area contributed by atoms with Crippen molar-refractivity contribution in [3.8, 4) is 0 Å². The molecule has 2 aromatic heterocycles. The number of aromatic nitrogens is 3. The maximum absolute atomic E-state index is 9.26. The molecule has 18 heavy (non-hydrogen) atoms. The lowest BCUT2D eigenvalue weighted by Crippen LogP contribution is -2.39. The van der Waals surface area contributed by atoms with Gasteiger partial charge in [0.1, 0.15) is 5.52 Å². The molecule has 0 radical (unpaired) electrons. The summed E-state index contributed by atoms with van der Waals surface area (Å²) in [4.78, 5) is 12.9. The van der Waals surface area contributed by atoms with Crippen LogP contribution in [0.5, 0.6) is 0 Å². The number of anilines is 1. The Morgan fingerprint density at radius 2 is 2.11 bits per heavy atom. The van der Waals surface area contributed by atoms with E-state index in [9.17, 15) is 5.11 Å². The molecule has 0 spiro atoms. The average Bonchev–Trinajstić information content (AvgIpc) is 2.28. The van der Waals surface area contributed by atoms with Crippen molar-refractivity contribution in [2.45, 2.75) is 31.9 Å². The van der Waals surface area contributed by atoms with Crippen molar-refractivity contribution < 1.29 is 5.11 Å². The Bertz CT molecular complexity index is 598. The van der Waals surface area contributed by atoms with Gasteiger partial charge >= 0.3 is 0 Å². The van der Waals surface area contributed by atoms with Crippen LogP contribution < -0.4 is 5.32 Å². The number of aryl methyl sites for hydroxylation is 1. The Morgan fingerprint density at radius 1 is 1.33 bits per heavy atom. The summed E-state index contributed by atoms with van der Waals surface area (Å²) in [5, 5.41) is 12.8. The summed E-state index contributed by atoms with van der Waals surface area (Å²) in [6, 6.07) is 2.10. The second-order valence-electron chi connectivity index (χ2n) is 4.64. The number of hydrogen-bond donors (Lipinski definition) is 2. The minimum atomic E-state index is -0.207. The monoisotopic (exact) mass is 264 g/mol. The predicted molar refractivity (Wildman–Crippen MR) is 69.7 cm³/mol. The van der Waals surface area contributed by atoms with Crippen LogP contribution in [0.15, 0.2) is 12.3 Å². The van der Waals surface area contributed by atoms with Gasteiger partial charge in [0, 0.05) is 11.7 Å². The van der Waals surface area contributed by atoms with Crippen molar-refractivity contribution >= 4 is 28.5 Å².